The molecule has 0 aromatic rings. The molecule has 2 aliphatic rings. The fraction of sp³-hybridized carbons (Fsp3) is 0.895. The Morgan fingerprint density at radius 1 is 0.920 bits per heavy atom. The van der Waals surface area contributed by atoms with Crippen molar-refractivity contribution in [1.82, 2.24) is 0 Å². The van der Waals surface area contributed by atoms with E-state index in [-0.39, 0.29) is 35.0 Å². The van der Waals surface area contributed by atoms with Gasteiger partial charge in [-0.25, -0.2) is 0 Å². The summed E-state index contributed by atoms with van der Waals surface area (Å²) in [5.41, 5.74) is -0.628. The third-order valence-corrected chi connectivity index (χ3v) is 15.7. The second kappa shape index (κ2) is 6.28. The van der Waals surface area contributed by atoms with E-state index in [1.807, 2.05) is 6.08 Å². The lowest BCUT2D eigenvalue weighted by molar-refractivity contribution is -0.0159. The van der Waals surface area contributed by atoms with Gasteiger partial charge in [-0.3, -0.25) is 0 Å². The van der Waals surface area contributed by atoms with Gasteiger partial charge in [0.1, 0.15) is 17.8 Å². The molecule has 0 unspecified atom stereocenters. The van der Waals surface area contributed by atoms with Gasteiger partial charge < -0.3 is 18.7 Å². The molecule has 25 heavy (non-hydrogen) atoms. The Labute approximate surface area is 156 Å². The van der Waals surface area contributed by atoms with Crippen LogP contribution >= 0.6 is 0 Å². The first-order valence-corrected chi connectivity index (χ1v) is 15.2. The molecule has 1 N–H and O–H groups in total. The highest BCUT2D eigenvalue weighted by molar-refractivity contribution is 6.74. The maximum Gasteiger partial charge on any atom is 0.193 e. The molecular formula is C19H38O4Si2. The molecule has 0 aromatic heterocycles. The van der Waals surface area contributed by atoms with Crippen LogP contribution in [0.2, 0.25) is 36.3 Å². The van der Waals surface area contributed by atoms with Gasteiger partial charge in [0.2, 0.25) is 0 Å². The first-order chi connectivity index (χ1) is 11.1. The van der Waals surface area contributed by atoms with Crippen molar-refractivity contribution in [3.8, 4) is 0 Å². The molecule has 6 heteroatoms. The van der Waals surface area contributed by atoms with Crippen LogP contribution in [0.1, 0.15) is 41.5 Å². The van der Waals surface area contributed by atoms with E-state index in [0.29, 0.717) is 0 Å². The summed E-state index contributed by atoms with van der Waals surface area (Å²) in [6.45, 7) is 22.4. The van der Waals surface area contributed by atoms with E-state index < -0.39 is 22.2 Å². The van der Waals surface area contributed by atoms with Crippen LogP contribution in [0, 0.1) is 0 Å². The summed E-state index contributed by atoms with van der Waals surface area (Å²) in [6.07, 6.45) is 3.68. The highest BCUT2D eigenvalue weighted by Crippen LogP contribution is 2.50. The van der Waals surface area contributed by atoms with Gasteiger partial charge in [-0.2, -0.15) is 0 Å². The lowest BCUT2D eigenvalue weighted by Gasteiger charge is -2.46. The van der Waals surface area contributed by atoms with E-state index in [1.165, 1.54) is 0 Å². The second-order valence-corrected chi connectivity index (χ2v) is 20.2. The molecule has 1 saturated heterocycles. The number of ether oxygens (including phenoxy) is 1. The number of aliphatic hydroxyl groups is 1. The van der Waals surface area contributed by atoms with Gasteiger partial charge in [-0.15, -0.1) is 0 Å². The number of epoxide rings is 1. The van der Waals surface area contributed by atoms with Gasteiger partial charge in [0.05, 0.1) is 12.7 Å². The van der Waals surface area contributed by atoms with Crippen LogP contribution in [0.3, 0.4) is 0 Å². The Morgan fingerprint density at radius 2 is 1.40 bits per heavy atom. The van der Waals surface area contributed by atoms with E-state index in [1.54, 1.807) is 0 Å². The smallest absolute Gasteiger partial charge is 0.193 e. The molecule has 0 bridgehead atoms. The lowest BCUT2D eigenvalue weighted by atomic mass is 9.90. The van der Waals surface area contributed by atoms with Gasteiger partial charge >= 0.3 is 0 Å². The number of hydrogen-bond donors (Lipinski definition) is 1. The zero-order chi connectivity index (χ0) is 19.5. The maximum atomic E-state index is 10.1. The largest absolute Gasteiger partial charge is 0.408 e. The Hall–Kier alpha value is 0.0138. The van der Waals surface area contributed by atoms with Crippen molar-refractivity contribution in [2.45, 2.75) is 102 Å². The van der Waals surface area contributed by atoms with Crippen molar-refractivity contribution in [3.63, 3.8) is 0 Å². The molecule has 4 nitrogen and oxygen atoms in total. The number of fused-ring (bicyclic) bond motifs is 1. The summed E-state index contributed by atoms with van der Waals surface area (Å²) in [7, 11) is -3.99. The minimum atomic E-state index is -2.02. The summed E-state index contributed by atoms with van der Waals surface area (Å²) in [5, 5.41) is 10.3. The number of aliphatic hydroxyl groups excluding tert-OH is 1. The van der Waals surface area contributed by atoms with Crippen LogP contribution in [-0.2, 0) is 13.6 Å². The number of hydrogen-bond acceptors (Lipinski definition) is 4. The van der Waals surface area contributed by atoms with E-state index >= 15 is 0 Å². The topological polar surface area (TPSA) is 51.2 Å². The Kier molecular flexibility index (Phi) is 5.35. The first-order valence-electron chi connectivity index (χ1n) is 9.40. The van der Waals surface area contributed by atoms with Crippen molar-refractivity contribution in [3.05, 3.63) is 12.2 Å². The first kappa shape index (κ1) is 21.3. The van der Waals surface area contributed by atoms with Gasteiger partial charge in [0, 0.05) is 0 Å². The van der Waals surface area contributed by atoms with Crippen LogP contribution in [0.15, 0.2) is 12.2 Å². The lowest BCUT2D eigenvalue weighted by Crippen LogP contribution is -2.58. The number of rotatable bonds is 5. The fourth-order valence-electron chi connectivity index (χ4n) is 2.72. The summed E-state index contributed by atoms with van der Waals surface area (Å²) in [6, 6.07) is 0. The summed E-state index contributed by atoms with van der Waals surface area (Å²) >= 11 is 0. The molecule has 1 aliphatic carbocycles. The van der Waals surface area contributed by atoms with E-state index in [0.717, 1.165) is 0 Å². The molecule has 0 amide bonds. The van der Waals surface area contributed by atoms with E-state index in [9.17, 15) is 5.11 Å². The third-order valence-electron chi connectivity index (χ3n) is 6.74. The Bertz CT molecular complexity index is 531. The van der Waals surface area contributed by atoms with Gasteiger partial charge in [0.15, 0.2) is 16.6 Å². The predicted molar refractivity (Wildman–Crippen MR) is 108 cm³/mol. The normalized spacial score (nSPS) is 33.3. The Morgan fingerprint density at radius 3 is 1.84 bits per heavy atom. The average molecular weight is 387 g/mol. The Balaban J connectivity index is 2.32. The molecular weight excluding hydrogens is 348 g/mol. The van der Waals surface area contributed by atoms with Crippen molar-refractivity contribution < 1.29 is 18.7 Å². The molecule has 4 atom stereocenters. The summed E-state index contributed by atoms with van der Waals surface area (Å²) in [5.74, 6) is 0. The van der Waals surface area contributed by atoms with Crippen LogP contribution < -0.4 is 0 Å². The van der Waals surface area contributed by atoms with Crippen molar-refractivity contribution in [1.29, 1.82) is 0 Å². The van der Waals surface area contributed by atoms with Gasteiger partial charge in [0.25, 0.3) is 0 Å². The van der Waals surface area contributed by atoms with Gasteiger partial charge in [-0.05, 0) is 36.3 Å². The molecule has 1 heterocycles. The summed E-state index contributed by atoms with van der Waals surface area (Å²) in [4.78, 5) is 0. The highest BCUT2D eigenvalue weighted by Gasteiger charge is 2.66. The molecule has 0 saturated carbocycles. The van der Waals surface area contributed by atoms with Crippen LogP contribution in [-0.4, -0.2) is 52.3 Å². The average Bonchev–Trinajstić information content (AvgIpc) is 3.14. The molecule has 146 valence electrons. The van der Waals surface area contributed by atoms with E-state index in [4.69, 9.17) is 13.6 Å². The second-order valence-electron chi connectivity index (χ2n) is 10.7. The minimum absolute atomic E-state index is 0.0291. The quantitative estimate of drug-likeness (QED) is 0.430. The highest BCUT2D eigenvalue weighted by atomic mass is 28.4. The molecule has 0 spiro atoms. The fourth-order valence-corrected chi connectivity index (χ4v) is 5.28. The van der Waals surface area contributed by atoms with E-state index in [2.05, 4.69) is 73.8 Å². The van der Waals surface area contributed by atoms with Crippen molar-refractivity contribution >= 4 is 16.6 Å². The van der Waals surface area contributed by atoms with Crippen LogP contribution in [0.4, 0.5) is 0 Å². The standard InChI is InChI=1S/C19H38O4Si2/c1-17(2,3)24(7,8)22-14-11-12-15-19(13-20,21-15)16(14)23-25(9,10)18(4,5)6/h11-12,14-16,20H,13H2,1-10H3/t14-,15+,16+,19+/m0/s1. The zero-order valence-electron chi connectivity index (χ0n) is 17.8. The molecule has 1 aliphatic heterocycles. The molecule has 0 radical (unpaired) electrons. The van der Waals surface area contributed by atoms with Crippen molar-refractivity contribution in [2.24, 2.45) is 0 Å². The molecule has 2 rings (SSSR count). The molecule has 0 aromatic carbocycles. The predicted octanol–water partition coefficient (Wildman–Crippen LogP) is 4.47. The monoisotopic (exact) mass is 386 g/mol. The minimum Gasteiger partial charge on any atom is -0.408 e. The zero-order valence-corrected chi connectivity index (χ0v) is 19.8. The third kappa shape index (κ3) is 3.85. The van der Waals surface area contributed by atoms with Gasteiger partial charge in [-0.1, -0.05) is 53.7 Å². The van der Waals surface area contributed by atoms with Crippen LogP contribution in [0.25, 0.3) is 0 Å². The summed E-state index contributed by atoms with van der Waals surface area (Å²) < 4.78 is 19.4. The maximum absolute atomic E-state index is 10.1. The molecule has 1 fully saturated rings. The SMILES string of the molecule is CC(C)(C)[Si](C)(C)O[C@H]1C=C[C@H]2O[C@@]2(CO)[C@@H]1O[Si](C)(C)C(C)(C)C. The van der Waals surface area contributed by atoms with Crippen molar-refractivity contribution in [2.75, 3.05) is 6.61 Å². The van der Waals surface area contributed by atoms with Crippen LogP contribution in [0.5, 0.6) is 0 Å².